The molecule has 0 spiro atoms. The minimum absolute atomic E-state index is 0.0745. The van der Waals surface area contributed by atoms with Gasteiger partial charge < -0.3 is 10.8 Å². The maximum absolute atomic E-state index is 12.9. The molecule has 2 aliphatic rings. The first-order chi connectivity index (χ1) is 9.41. The van der Waals surface area contributed by atoms with E-state index in [9.17, 15) is 13.5 Å². The van der Waals surface area contributed by atoms with Crippen LogP contribution in [0.3, 0.4) is 0 Å². The van der Waals surface area contributed by atoms with Gasteiger partial charge in [-0.15, -0.1) is 0 Å². The maximum atomic E-state index is 12.9. The van der Waals surface area contributed by atoms with Gasteiger partial charge in [-0.3, -0.25) is 0 Å². The molecule has 2 saturated heterocycles. The number of piperidine rings is 1. The average Bonchev–Trinajstić information content (AvgIpc) is 2.66. The van der Waals surface area contributed by atoms with Crippen LogP contribution in [0.2, 0.25) is 0 Å². The lowest BCUT2D eigenvalue weighted by Gasteiger charge is -2.36. The van der Waals surface area contributed by atoms with Gasteiger partial charge in [0.2, 0.25) is 10.0 Å². The first-order valence-corrected chi connectivity index (χ1v) is 8.42. The Labute approximate surface area is 119 Å². The second-order valence-electron chi connectivity index (χ2n) is 5.82. The van der Waals surface area contributed by atoms with Gasteiger partial charge in [0, 0.05) is 17.8 Å². The number of aliphatic hydroxyl groups excluding tert-OH is 1. The van der Waals surface area contributed by atoms with E-state index in [-0.39, 0.29) is 18.2 Å². The average molecular weight is 296 g/mol. The molecule has 1 aromatic rings. The largest absolute Gasteiger partial charge is 0.398 e. The smallest absolute Gasteiger partial charge is 0.243 e. The van der Waals surface area contributed by atoms with E-state index in [1.54, 1.807) is 29.4 Å². The summed E-state index contributed by atoms with van der Waals surface area (Å²) in [6.07, 6.45) is 2.37. The zero-order valence-corrected chi connectivity index (χ0v) is 12.3. The standard InChI is InChI=1S/C14H20N2O3S/c1-9-13(15)3-2-4-14(9)20(18,19)16-10-5-6-11(16)8-12(17)7-10/h2-4,10-12,17H,5-8,15H2,1H3. The van der Waals surface area contributed by atoms with Gasteiger partial charge in [-0.2, -0.15) is 4.31 Å². The highest BCUT2D eigenvalue weighted by Gasteiger charge is 2.47. The number of aliphatic hydroxyl groups is 1. The van der Waals surface area contributed by atoms with E-state index < -0.39 is 10.0 Å². The molecule has 5 nitrogen and oxygen atoms in total. The van der Waals surface area contributed by atoms with Gasteiger partial charge >= 0.3 is 0 Å². The third-order valence-corrected chi connectivity index (χ3v) is 6.67. The summed E-state index contributed by atoms with van der Waals surface area (Å²) < 4.78 is 27.4. The second kappa shape index (κ2) is 4.72. The van der Waals surface area contributed by atoms with E-state index in [1.165, 1.54) is 0 Å². The molecule has 0 radical (unpaired) electrons. The SMILES string of the molecule is Cc1c(N)cccc1S(=O)(=O)N1C2CCC1CC(O)C2. The number of nitrogen functional groups attached to an aromatic ring is 1. The fourth-order valence-corrected chi connectivity index (χ4v) is 5.67. The molecular weight excluding hydrogens is 276 g/mol. The number of sulfonamides is 1. The van der Waals surface area contributed by atoms with E-state index >= 15 is 0 Å². The molecule has 0 saturated carbocycles. The predicted molar refractivity (Wildman–Crippen MR) is 76.7 cm³/mol. The number of fused-ring (bicyclic) bond motifs is 2. The van der Waals surface area contributed by atoms with E-state index in [1.807, 2.05) is 0 Å². The zero-order chi connectivity index (χ0) is 14.5. The van der Waals surface area contributed by atoms with E-state index in [4.69, 9.17) is 5.73 Å². The Hall–Kier alpha value is -1.11. The lowest BCUT2D eigenvalue weighted by molar-refractivity contribution is 0.0768. The van der Waals surface area contributed by atoms with Crippen LogP contribution in [0.25, 0.3) is 0 Å². The molecule has 2 heterocycles. The van der Waals surface area contributed by atoms with Crippen molar-refractivity contribution in [3.8, 4) is 0 Å². The third-order valence-electron chi connectivity index (χ3n) is 4.52. The van der Waals surface area contributed by atoms with Crippen LogP contribution < -0.4 is 5.73 Å². The van der Waals surface area contributed by atoms with Crippen molar-refractivity contribution >= 4 is 15.7 Å². The first-order valence-electron chi connectivity index (χ1n) is 6.98. The van der Waals surface area contributed by atoms with E-state index in [2.05, 4.69) is 0 Å². The Morgan fingerprint density at radius 2 is 1.85 bits per heavy atom. The number of benzene rings is 1. The summed E-state index contributed by atoms with van der Waals surface area (Å²) in [7, 11) is -3.53. The Balaban J connectivity index is 2.03. The fraction of sp³-hybridized carbons (Fsp3) is 0.571. The molecule has 2 atom stereocenters. The summed E-state index contributed by atoms with van der Waals surface area (Å²) in [6.45, 7) is 1.74. The highest BCUT2D eigenvalue weighted by molar-refractivity contribution is 7.89. The van der Waals surface area contributed by atoms with Gasteiger partial charge in [-0.05, 0) is 50.3 Å². The van der Waals surface area contributed by atoms with E-state index in [0.29, 0.717) is 29.0 Å². The minimum atomic E-state index is -3.53. The Morgan fingerprint density at radius 3 is 2.45 bits per heavy atom. The number of hydrogen-bond acceptors (Lipinski definition) is 4. The Kier molecular flexibility index (Phi) is 3.27. The summed E-state index contributed by atoms with van der Waals surface area (Å²) in [5, 5.41) is 9.80. The Morgan fingerprint density at radius 1 is 1.25 bits per heavy atom. The third kappa shape index (κ3) is 2.03. The highest BCUT2D eigenvalue weighted by atomic mass is 32.2. The lowest BCUT2D eigenvalue weighted by Crippen LogP contribution is -2.48. The summed E-state index contributed by atoms with van der Waals surface area (Å²) in [5.74, 6) is 0. The van der Waals surface area contributed by atoms with Crippen molar-refractivity contribution in [2.24, 2.45) is 0 Å². The lowest BCUT2D eigenvalue weighted by atomic mass is 10.0. The topological polar surface area (TPSA) is 83.6 Å². The van der Waals surface area contributed by atoms with Crippen LogP contribution in [0.4, 0.5) is 5.69 Å². The molecule has 2 aliphatic heterocycles. The molecule has 3 rings (SSSR count). The molecule has 0 aliphatic carbocycles. The van der Waals surface area contributed by atoms with Crippen LogP contribution in [0.1, 0.15) is 31.2 Å². The monoisotopic (exact) mass is 296 g/mol. The number of anilines is 1. The molecular formula is C14H20N2O3S. The van der Waals surface area contributed by atoms with Gasteiger partial charge in [0.1, 0.15) is 0 Å². The fourth-order valence-electron chi connectivity index (χ4n) is 3.52. The molecule has 2 fully saturated rings. The minimum Gasteiger partial charge on any atom is -0.398 e. The van der Waals surface area contributed by atoms with Gasteiger partial charge in [0.15, 0.2) is 0 Å². The summed E-state index contributed by atoms with van der Waals surface area (Å²) in [4.78, 5) is 0.297. The second-order valence-corrected chi connectivity index (χ2v) is 7.63. The number of hydrogen-bond donors (Lipinski definition) is 2. The van der Waals surface area contributed by atoms with Crippen LogP contribution in [0, 0.1) is 6.92 Å². The Bertz CT molecular complexity index is 615. The predicted octanol–water partition coefficient (Wildman–Crippen LogP) is 1.25. The van der Waals surface area contributed by atoms with Crippen LogP contribution in [-0.2, 0) is 10.0 Å². The van der Waals surface area contributed by atoms with Crippen LogP contribution in [-0.4, -0.2) is 36.0 Å². The summed E-state index contributed by atoms with van der Waals surface area (Å²) in [5.41, 5.74) is 6.94. The maximum Gasteiger partial charge on any atom is 0.243 e. The van der Waals surface area contributed by atoms with Crippen LogP contribution in [0.15, 0.2) is 23.1 Å². The van der Waals surface area contributed by atoms with Gasteiger partial charge in [0.05, 0.1) is 11.0 Å². The van der Waals surface area contributed by atoms with Crippen molar-refractivity contribution in [2.75, 3.05) is 5.73 Å². The molecule has 110 valence electrons. The van der Waals surface area contributed by atoms with Crippen LogP contribution >= 0.6 is 0 Å². The summed E-state index contributed by atoms with van der Waals surface area (Å²) in [6, 6.07) is 4.86. The molecule has 20 heavy (non-hydrogen) atoms. The van der Waals surface area contributed by atoms with Crippen molar-refractivity contribution in [3.63, 3.8) is 0 Å². The number of nitrogens with two attached hydrogens (primary N) is 1. The van der Waals surface area contributed by atoms with Crippen molar-refractivity contribution < 1.29 is 13.5 Å². The molecule has 3 N–H and O–H groups in total. The first kappa shape index (κ1) is 13.9. The molecule has 2 unspecified atom stereocenters. The van der Waals surface area contributed by atoms with Gasteiger partial charge in [-0.1, -0.05) is 6.07 Å². The van der Waals surface area contributed by atoms with Gasteiger partial charge in [-0.25, -0.2) is 8.42 Å². The molecule has 6 heteroatoms. The normalized spacial score (nSPS) is 30.6. The van der Waals surface area contributed by atoms with Gasteiger partial charge in [0.25, 0.3) is 0 Å². The molecule has 2 bridgehead atoms. The van der Waals surface area contributed by atoms with Crippen molar-refractivity contribution in [1.82, 2.24) is 4.31 Å². The van der Waals surface area contributed by atoms with Crippen molar-refractivity contribution in [1.29, 1.82) is 0 Å². The number of nitrogens with zero attached hydrogens (tertiary/aromatic N) is 1. The van der Waals surface area contributed by atoms with E-state index in [0.717, 1.165) is 12.8 Å². The van der Waals surface area contributed by atoms with Crippen molar-refractivity contribution in [2.45, 2.75) is 55.7 Å². The highest BCUT2D eigenvalue weighted by Crippen LogP contribution is 2.40. The quantitative estimate of drug-likeness (QED) is 0.805. The number of rotatable bonds is 2. The summed E-state index contributed by atoms with van der Waals surface area (Å²) >= 11 is 0. The molecule has 0 aromatic heterocycles. The van der Waals surface area contributed by atoms with Crippen LogP contribution in [0.5, 0.6) is 0 Å². The van der Waals surface area contributed by atoms with Crippen molar-refractivity contribution in [3.05, 3.63) is 23.8 Å². The molecule has 1 aromatic carbocycles. The zero-order valence-electron chi connectivity index (χ0n) is 11.5. The molecule has 0 amide bonds.